The van der Waals surface area contributed by atoms with Gasteiger partial charge in [0.05, 0.1) is 35.9 Å². The van der Waals surface area contributed by atoms with E-state index < -0.39 is 5.97 Å². The summed E-state index contributed by atoms with van der Waals surface area (Å²) in [7, 11) is 0. The zero-order chi connectivity index (χ0) is 24.0. The molecule has 1 aliphatic heterocycles. The lowest BCUT2D eigenvalue weighted by atomic mass is 10.1. The minimum Gasteiger partial charge on any atom is -0.489 e. The second-order valence-electron chi connectivity index (χ2n) is 7.92. The van der Waals surface area contributed by atoms with Crippen LogP contribution in [0.5, 0.6) is 5.75 Å². The first-order valence-corrected chi connectivity index (χ1v) is 10.9. The fourth-order valence-corrected chi connectivity index (χ4v) is 3.65. The van der Waals surface area contributed by atoms with E-state index in [4.69, 9.17) is 14.7 Å². The molecule has 33 heavy (non-hydrogen) atoms. The summed E-state index contributed by atoms with van der Waals surface area (Å²) in [5, 5.41) is 8.92. The van der Waals surface area contributed by atoms with E-state index in [0.717, 1.165) is 5.56 Å². The Morgan fingerprint density at radius 3 is 2.52 bits per heavy atom. The first-order chi connectivity index (χ1) is 15.8. The molecule has 0 aliphatic carbocycles. The molecule has 0 bridgehead atoms. The number of ether oxygens (including phenoxy) is 2. The molecule has 172 valence electrons. The summed E-state index contributed by atoms with van der Waals surface area (Å²) >= 11 is 0. The number of carbonyl (C=O) groups is 3. The summed E-state index contributed by atoms with van der Waals surface area (Å²) in [6, 6.07) is 14.0. The van der Waals surface area contributed by atoms with Crippen LogP contribution in [0.25, 0.3) is 0 Å². The van der Waals surface area contributed by atoms with Crippen molar-refractivity contribution in [2.24, 2.45) is 0 Å². The number of esters is 1. The Labute approximate surface area is 193 Å². The first-order valence-electron chi connectivity index (χ1n) is 10.9. The third kappa shape index (κ3) is 5.69. The number of nitriles is 1. The monoisotopic (exact) mass is 449 g/mol. The highest BCUT2D eigenvalue weighted by Crippen LogP contribution is 2.31. The fourth-order valence-electron chi connectivity index (χ4n) is 3.65. The molecule has 8 nitrogen and oxygen atoms in total. The molecule has 1 aliphatic rings. The average Bonchev–Trinajstić information content (AvgIpc) is 2.90. The van der Waals surface area contributed by atoms with Crippen LogP contribution in [0, 0.1) is 11.3 Å². The number of hydrogen-bond donors (Lipinski definition) is 0. The molecule has 0 unspecified atom stereocenters. The Bertz CT molecular complexity index is 1070. The van der Waals surface area contributed by atoms with Crippen LogP contribution >= 0.6 is 0 Å². The van der Waals surface area contributed by atoms with Gasteiger partial charge in [-0.3, -0.25) is 14.4 Å². The number of benzene rings is 2. The zero-order valence-electron chi connectivity index (χ0n) is 19.0. The molecule has 2 amide bonds. The maximum Gasteiger partial charge on any atom is 0.307 e. The van der Waals surface area contributed by atoms with E-state index >= 15 is 0 Å². The second kappa shape index (κ2) is 10.6. The van der Waals surface area contributed by atoms with E-state index in [-0.39, 0.29) is 50.6 Å². The maximum absolute atomic E-state index is 13.3. The van der Waals surface area contributed by atoms with Crippen molar-refractivity contribution in [2.75, 3.05) is 24.6 Å². The molecule has 0 atom stereocenters. The minimum atomic E-state index is -0.414. The number of fused-ring (bicyclic) bond motifs is 1. The van der Waals surface area contributed by atoms with E-state index in [1.165, 1.54) is 4.90 Å². The van der Waals surface area contributed by atoms with Gasteiger partial charge < -0.3 is 19.3 Å². The van der Waals surface area contributed by atoms with Crippen molar-refractivity contribution in [2.45, 2.75) is 39.8 Å². The van der Waals surface area contributed by atoms with Gasteiger partial charge in [0.1, 0.15) is 18.9 Å². The van der Waals surface area contributed by atoms with E-state index in [1.807, 2.05) is 26.0 Å². The predicted molar refractivity (Wildman–Crippen MR) is 122 cm³/mol. The van der Waals surface area contributed by atoms with Gasteiger partial charge in [-0.1, -0.05) is 12.1 Å². The topological polar surface area (TPSA) is 99.9 Å². The lowest BCUT2D eigenvalue weighted by molar-refractivity contribution is -0.143. The van der Waals surface area contributed by atoms with Crippen LogP contribution in [0.1, 0.15) is 48.7 Å². The van der Waals surface area contributed by atoms with Crippen molar-refractivity contribution in [1.29, 1.82) is 5.26 Å². The molecule has 2 aromatic rings. The number of amides is 2. The summed E-state index contributed by atoms with van der Waals surface area (Å²) in [6.45, 7) is 5.98. The van der Waals surface area contributed by atoms with Crippen molar-refractivity contribution in [1.82, 2.24) is 4.90 Å². The molecule has 0 radical (unpaired) electrons. The van der Waals surface area contributed by atoms with Crippen molar-refractivity contribution in [3.63, 3.8) is 0 Å². The Balaban J connectivity index is 1.85. The van der Waals surface area contributed by atoms with Gasteiger partial charge in [0.15, 0.2) is 0 Å². The van der Waals surface area contributed by atoms with E-state index in [9.17, 15) is 14.4 Å². The highest BCUT2D eigenvalue weighted by molar-refractivity contribution is 6.10. The van der Waals surface area contributed by atoms with Gasteiger partial charge >= 0.3 is 5.97 Å². The largest absolute Gasteiger partial charge is 0.489 e. The highest BCUT2D eigenvalue weighted by atomic mass is 16.5. The van der Waals surface area contributed by atoms with E-state index in [0.29, 0.717) is 22.6 Å². The molecule has 2 aromatic carbocycles. The summed E-state index contributed by atoms with van der Waals surface area (Å²) in [5.41, 5.74) is 2.31. The third-order valence-corrected chi connectivity index (χ3v) is 5.24. The van der Waals surface area contributed by atoms with Crippen molar-refractivity contribution in [3.05, 3.63) is 59.2 Å². The summed E-state index contributed by atoms with van der Waals surface area (Å²) < 4.78 is 10.8. The average molecular weight is 450 g/mol. The Kier molecular flexibility index (Phi) is 7.67. The van der Waals surface area contributed by atoms with Crippen molar-refractivity contribution < 1.29 is 23.9 Å². The van der Waals surface area contributed by atoms with Crippen LogP contribution < -0.4 is 9.64 Å². The van der Waals surface area contributed by atoms with Gasteiger partial charge in [-0.05, 0) is 56.7 Å². The zero-order valence-corrected chi connectivity index (χ0v) is 19.0. The molecule has 0 saturated carbocycles. The second-order valence-corrected chi connectivity index (χ2v) is 7.92. The molecular weight excluding hydrogens is 422 g/mol. The lowest BCUT2D eigenvalue weighted by Crippen LogP contribution is -2.43. The molecule has 8 heteroatoms. The summed E-state index contributed by atoms with van der Waals surface area (Å²) in [5.74, 6) is -0.487. The predicted octanol–water partition coefficient (Wildman–Crippen LogP) is 3.29. The number of nitrogens with zero attached hydrogens (tertiary/aromatic N) is 3. The lowest BCUT2D eigenvalue weighted by Gasteiger charge is -2.26. The number of rotatable bonds is 8. The van der Waals surface area contributed by atoms with Gasteiger partial charge in [0, 0.05) is 12.6 Å². The number of anilines is 1. The van der Waals surface area contributed by atoms with Crippen molar-refractivity contribution in [3.8, 4) is 11.8 Å². The van der Waals surface area contributed by atoms with Crippen LogP contribution in [-0.2, 0) is 20.9 Å². The molecule has 0 saturated heterocycles. The van der Waals surface area contributed by atoms with Gasteiger partial charge in [-0.2, -0.15) is 5.26 Å². The Morgan fingerprint density at radius 2 is 1.88 bits per heavy atom. The standard InChI is InChI=1S/C25H27N3O5/c1-4-32-24(30)11-12-27-15-23(29)28(17(2)3)22-10-9-20(13-21(22)25(27)31)33-16-19-7-5-18(14-26)6-8-19/h5-10,13,17H,4,11-12,15-16H2,1-3H3. The maximum atomic E-state index is 13.3. The highest BCUT2D eigenvalue weighted by Gasteiger charge is 2.33. The molecule has 0 fully saturated rings. The first kappa shape index (κ1) is 23.8. The minimum absolute atomic E-state index is 0.0127. The van der Waals surface area contributed by atoms with Crippen LogP contribution in [-0.4, -0.2) is 48.4 Å². The van der Waals surface area contributed by atoms with Crippen molar-refractivity contribution >= 4 is 23.5 Å². The van der Waals surface area contributed by atoms with Gasteiger partial charge in [-0.15, -0.1) is 0 Å². The molecule has 1 heterocycles. The molecule has 0 aromatic heterocycles. The van der Waals surface area contributed by atoms with Gasteiger partial charge in [0.2, 0.25) is 5.91 Å². The van der Waals surface area contributed by atoms with Gasteiger partial charge in [0.25, 0.3) is 5.91 Å². The van der Waals surface area contributed by atoms with E-state index in [1.54, 1.807) is 42.2 Å². The summed E-state index contributed by atoms with van der Waals surface area (Å²) in [4.78, 5) is 41.1. The van der Waals surface area contributed by atoms with Crippen LogP contribution in [0.2, 0.25) is 0 Å². The van der Waals surface area contributed by atoms with Gasteiger partial charge in [-0.25, -0.2) is 0 Å². The molecule has 3 rings (SSSR count). The smallest absolute Gasteiger partial charge is 0.307 e. The van der Waals surface area contributed by atoms with E-state index in [2.05, 4.69) is 6.07 Å². The number of carbonyl (C=O) groups excluding carboxylic acids is 3. The summed E-state index contributed by atoms with van der Waals surface area (Å²) in [6.07, 6.45) is 0.0127. The molecule has 0 N–H and O–H groups in total. The normalized spacial score (nSPS) is 13.4. The quantitative estimate of drug-likeness (QED) is 0.574. The molecule has 0 spiro atoms. The Hall–Kier alpha value is -3.86. The third-order valence-electron chi connectivity index (χ3n) is 5.24. The van der Waals surface area contributed by atoms with Crippen LogP contribution in [0.15, 0.2) is 42.5 Å². The Morgan fingerprint density at radius 1 is 1.15 bits per heavy atom. The SMILES string of the molecule is CCOC(=O)CCN1CC(=O)N(C(C)C)c2ccc(OCc3ccc(C#N)cc3)cc2C1=O. The molecular formula is C25H27N3O5. The number of hydrogen-bond acceptors (Lipinski definition) is 6. The van der Waals surface area contributed by atoms with Crippen LogP contribution in [0.3, 0.4) is 0 Å². The fraction of sp³-hybridized carbons (Fsp3) is 0.360. The van der Waals surface area contributed by atoms with Crippen LogP contribution in [0.4, 0.5) is 5.69 Å².